The Morgan fingerprint density at radius 1 is 1.14 bits per heavy atom. The Bertz CT molecular complexity index is 2090. The van der Waals surface area contributed by atoms with E-state index in [2.05, 4.69) is 20.9 Å². The first-order valence-corrected chi connectivity index (χ1v) is 20.1. The van der Waals surface area contributed by atoms with Gasteiger partial charge in [0.15, 0.2) is 34.7 Å². The largest absolute Gasteiger partial charge is 0.504 e. The Hall–Kier alpha value is -5.39. The van der Waals surface area contributed by atoms with E-state index in [9.17, 15) is 54.0 Å². The van der Waals surface area contributed by atoms with Crippen LogP contribution in [0.25, 0.3) is 0 Å². The molecule has 0 spiro atoms. The minimum absolute atomic E-state index is 0.00312. The number of nitrogens with zero attached hydrogens (tertiary/aromatic N) is 6. The number of thiazole rings is 1. The summed E-state index contributed by atoms with van der Waals surface area (Å²) in [5.74, 6) is -7.22. The quantitative estimate of drug-likeness (QED) is 0.0397. The fraction of sp³-hybridized carbons (Fsp3) is 0.500. The first-order valence-electron chi connectivity index (χ1n) is 18.0. The molecule has 2 aromatic rings. The molecule has 21 nitrogen and oxygen atoms in total. The number of urea groups is 1. The Kier molecular flexibility index (Phi) is 11.7. The molecule has 1 aromatic heterocycles. The van der Waals surface area contributed by atoms with E-state index in [0.29, 0.717) is 24.1 Å². The SMILES string of the molecule is CC(C)(O/N=C(\C(=O)C[C@@H]1C(=O)N2C[C@@](C(=O)O)(N3CCN(NC(=O)C[N+]4(CCNC(=O)c5ccc(O)c(O)c5Cl)CCCC4)C3=O)S[C@H]12)c1csc(N)n1)C(=O)O. The van der Waals surface area contributed by atoms with Crippen molar-refractivity contribution in [2.45, 2.75) is 49.0 Å². The Labute approximate surface area is 343 Å². The minimum atomic E-state index is -1.94. The summed E-state index contributed by atoms with van der Waals surface area (Å²) in [5, 5.41) is 47.4. The molecule has 4 aliphatic heterocycles. The maximum absolute atomic E-state index is 13.8. The summed E-state index contributed by atoms with van der Waals surface area (Å²) in [6.07, 6.45) is 1.19. The van der Waals surface area contributed by atoms with E-state index in [0.717, 1.165) is 51.9 Å². The number of carboxylic acid groups (broad SMARTS) is 2. The highest BCUT2D eigenvalue weighted by Crippen LogP contribution is 2.53. The van der Waals surface area contributed by atoms with Crippen molar-refractivity contribution in [2.24, 2.45) is 11.1 Å². The van der Waals surface area contributed by atoms with E-state index in [1.165, 1.54) is 30.2 Å². The molecule has 6 rings (SSSR count). The van der Waals surface area contributed by atoms with Crippen molar-refractivity contribution in [3.63, 3.8) is 0 Å². The van der Waals surface area contributed by atoms with Crippen molar-refractivity contribution in [2.75, 3.05) is 58.1 Å². The van der Waals surface area contributed by atoms with Gasteiger partial charge in [-0.25, -0.2) is 24.4 Å². The lowest BCUT2D eigenvalue weighted by molar-refractivity contribution is -0.908. The molecule has 0 unspecified atom stereocenters. The monoisotopic (exact) mass is 866 g/mol. The van der Waals surface area contributed by atoms with Crippen LogP contribution in [0.15, 0.2) is 22.7 Å². The molecule has 5 amide bonds. The number of nitrogen functional groups attached to an aromatic ring is 1. The highest BCUT2D eigenvalue weighted by molar-refractivity contribution is 8.02. The molecule has 5 heterocycles. The van der Waals surface area contributed by atoms with Crippen molar-refractivity contribution in [3.05, 3.63) is 33.8 Å². The summed E-state index contributed by atoms with van der Waals surface area (Å²) in [5.41, 5.74) is 6.12. The van der Waals surface area contributed by atoms with Gasteiger partial charge in [-0.05, 0) is 26.0 Å². The van der Waals surface area contributed by atoms with Crippen molar-refractivity contribution >= 4 is 87.0 Å². The van der Waals surface area contributed by atoms with E-state index in [1.807, 2.05) is 0 Å². The number of quaternary nitrogens is 1. The van der Waals surface area contributed by atoms with Gasteiger partial charge in [-0.2, -0.15) is 0 Å². The van der Waals surface area contributed by atoms with Crippen LogP contribution in [-0.2, 0) is 28.8 Å². The minimum Gasteiger partial charge on any atom is -0.504 e. The van der Waals surface area contributed by atoms with Gasteiger partial charge in [0, 0.05) is 31.2 Å². The molecule has 3 atom stereocenters. The number of hydrogen-bond donors (Lipinski definition) is 7. The van der Waals surface area contributed by atoms with Crippen LogP contribution in [0.2, 0.25) is 5.02 Å². The van der Waals surface area contributed by atoms with Crippen LogP contribution < -0.4 is 16.5 Å². The number of likely N-dealkylation sites (tertiary alicyclic amines) is 1. The van der Waals surface area contributed by atoms with Crippen LogP contribution >= 0.6 is 34.7 Å². The summed E-state index contributed by atoms with van der Waals surface area (Å²) < 4.78 is 0.298. The molecule has 58 heavy (non-hydrogen) atoms. The highest BCUT2D eigenvalue weighted by Gasteiger charge is 2.66. The molecule has 312 valence electrons. The lowest BCUT2D eigenvalue weighted by Gasteiger charge is -2.40. The van der Waals surface area contributed by atoms with Gasteiger partial charge in [0.05, 0.1) is 61.1 Å². The zero-order valence-electron chi connectivity index (χ0n) is 31.2. The number of β-lactam (4-membered cyclic amide) rings is 1. The van der Waals surface area contributed by atoms with Gasteiger partial charge >= 0.3 is 18.0 Å². The van der Waals surface area contributed by atoms with Gasteiger partial charge < -0.3 is 45.7 Å². The summed E-state index contributed by atoms with van der Waals surface area (Å²) in [7, 11) is 0. The number of thioether (sulfide) groups is 1. The van der Waals surface area contributed by atoms with E-state index in [-0.39, 0.29) is 59.8 Å². The number of carbonyl (C=O) groups excluding carboxylic acids is 5. The molecule has 8 N–H and O–H groups in total. The number of nitrogens with two attached hydrogens (primary N) is 1. The fourth-order valence-electron chi connectivity index (χ4n) is 7.24. The van der Waals surface area contributed by atoms with Gasteiger partial charge in [0.1, 0.15) is 5.69 Å². The van der Waals surface area contributed by atoms with Gasteiger partial charge in [-0.3, -0.25) is 29.5 Å². The standard InChI is InChI=1S/C34H40ClN9O12S2/c1-33(2,29(51)52)56-40-24(19-15-57-31(36)38-19)21(46)13-18-27(50)41-16-34(30(53)54,58-28(18)41)42-8-9-43(32(42)55)39-22(47)14-44(10-3-4-11-44)12-7-37-26(49)17-5-6-20(45)25(48)23(17)35/h5-6,15,18,28H,3-4,7-14,16H2,1-2H3,(H7-,36,37,38,39,40,45,46,47,48,49,51,52,53,54)/p+1/t18-,28-,34-/m1/s1. The van der Waals surface area contributed by atoms with Crippen molar-refractivity contribution in [3.8, 4) is 11.5 Å². The number of phenolic OH excluding ortho intramolecular Hbond substituents is 2. The molecule has 0 saturated carbocycles. The smallest absolute Gasteiger partial charge is 0.350 e. The average Bonchev–Trinajstić information content (AvgIpc) is 3.96. The number of benzene rings is 1. The lowest BCUT2D eigenvalue weighted by Crippen LogP contribution is -2.60. The van der Waals surface area contributed by atoms with Crippen LogP contribution in [-0.4, -0.2) is 160 Å². The number of carboxylic acids is 2. The van der Waals surface area contributed by atoms with Crippen LogP contribution in [0.4, 0.5) is 9.93 Å². The first-order chi connectivity index (χ1) is 27.3. The van der Waals surface area contributed by atoms with E-state index in [1.54, 1.807) is 0 Å². The van der Waals surface area contributed by atoms with Crippen molar-refractivity contribution in [1.29, 1.82) is 0 Å². The third-order valence-electron chi connectivity index (χ3n) is 10.5. The first kappa shape index (κ1) is 42.2. The molecule has 4 saturated heterocycles. The zero-order chi connectivity index (χ0) is 42.3. The number of halogens is 1. The number of fused-ring (bicyclic) bond motifs is 1. The molecule has 1 aromatic carbocycles. The van der Waals surface area contributed by atoms with E-state index >= 15 is 0 Å². The molecule has 4 aliphatic rings. The summed E-state index contributed by atoms with van der Waals surface area (Å²) in [6, 6.07) is 1.61. The number of aliphatic carboxylic acids is 2. The maximum Gasteiger partial charge on any atom is 0.350 e. The summed E-state index contributed by atoms with van der Waals surface area (Å²) in [6.45, 7) is 3.61. The van der Waals surface area contributed by atoms with Gasteiger partial charge in [0.25, 0.3) is 11.8 Å². The van der Waals surface area contributed by atoms with Crippen LogP contribution in [0.5, 0.6) is 11.5 Å². The zero-order valence-corrected chi connectivity index (χ0v) is 33.6. The number of rotatable bonds is 16. The molecule has 0 aliphatic carbocycles. The van der Waals surface area contributed by atoms with Crippen LogP contribution in [0.3, 0.4) is 0 Å². The van der Waals surface area contributed by atoms with Gasteiger partial charge in [-0.15, -0.1) is 11.3 Å². The predicted molar refractivity (Wildman–Crippen MR) is 205 cm³/mol. The molecule has 0 bridgehead atoms. The molecule has 24 heteroatoms. The number of hydrogen-bond acceptors (Lipinski definition) is 15. The molecule has 4 fully saturated rings. The maximum atomic E-state index is 13.8. The fourth-order valence-corrected chi connectivity index (χ4v) is 9.73. The number of carbonyl (C=O) groups is 7. The lowest BCUT2D eigenvalue weighted by atomic mass is 9.90. The summed E-state index contributed by atoms with van der Waals surface area (Å²) in [4.78, 5) is 101. The van der Waals surface area contributed by atoms with Gasteiger partial charge in [0.2, 0.25) is 16.4 Å². The Morgan fingerprint density at radius 3 is 2.48 bits per heavy atom. The number of oxime groups is 1. The molecular formula is C34H41ClN9O12S2+. The second kappa shape index (κ2) is 16.1. The van der Waals surface area contributed by atoms with Crippen LogP contribution in [0.1, 0.15) is 49.2 Å². The van der Waals surface area contributed by atoms with E-state index in [4.69, 9.17) is 22.2 Å². The second-order valence-corrected chi connectivity index (χ2v) is 17.4. The normalized spacial score (nSPS) is 22.7. The predicted octanol–water partition coefficient (Wildman–Crippen LogP) is 0.455. The number of aromatic nitrogens is 1. The number of aromatic hydroxyl groups is 2. The van der Waals surface area contributed by atoms with Crippen LogP contribution in [0, 0.1) is 5.92 Å². The Morgan fingerprint density at radius 2 is 1.84 bits per heavy atom. The number of Topliss-reactive ketones (excluding diaryl/α,β-unsaturated/α-hetero) is 1. The number of nitrogens with one attached hydrogen (secondary N) is 2. The molecule has 0 radical (unpaired) electrons. The third-order valence-corrected chi connectivity index (χ3v) is 13.3. The van der Waals surface area contributed by atoms with Crippen molar-refractivity contribution in [1.82, 2.24) is 30.5 Å². The highest BCUT2D eigenvalue weighted by atomic mass is 35.5. The number of hydrazine groups is 1. The third kappa shape index (κ3) is 8.02. The average molecular weight is 867 g/mol. The number of ketones is 1. The van der Waals surface area contributed by atoms with E-state index < -0.39 is 81.2 Å². The number of phenols is 2. The number of anilines is 1. The Balaban J connectivity index is 1.08. The topological polar surface area (TPSA) is 295 Å². The van der Waals surface area contributed by atoms with Crippen molar-refractivity contribution < 1.29 is 63.3 Å². The molecular weight excluding hydrogens is 826 g/mol. The number of amides is 5. The summed E-state index contributed by atoms with van der Waals surface area (Å²) >= 11 is 7.84. The van der Waals surface area contributed by atoms with Gasteiger partial charge in [-0.1, -0.05) is 28.5 Å². The second-order valence-electron chi connectivity index (χ2n) is 14.8.